The lowest BCUT2D eigenvalue weighted by molar-refractivity contribution is 0.112. The predicted octanol–water partition coefficient (Wildman–Crippen LogP) is 3.97. The van der Waals surface area contributed by atoms with Crippen LogP contribution in [0, 0.1) is 5.41 Å². The van der Waals surface area contributed by atoms with Crippen LogP contribution in [0.2, 0.25) is 0 Å². The molecule has 0 aliphatic heterocycles. The fraction of sp³-hybridized carbons (Fsp3) is 0.643. The van der Waals surface area contributed by atoms with Crippen LogP contribution < -0.4 is 4.90 Å². The Kier molecular flexibility index (Phi) is 3.57. The van der Waals surface area contributed by atoms with Crippen molar-refractivity contribution in [2.24, 2.45) is 5.41 Å². The highest BCUT2D eigenvalue weighted by Crippen LogP contribution is 2.38. The van der Waals surface area contributed by atoms with Gasteiger partial charge in [-0.25, -0.2) is 0 Å². The number of hydrogen-bond donors (Lipinski definition) is 0. The Morgan fingerprint density at radius 2 is 2.06 bits per heavy atom. The fourth-order valence-electron chi connectivity index (χ4n) is 2.57. The molecule has 0 amide bonds. The molecule has 17 heavy (non-hydrogen) atoms. The van der Waals surface area contributed by atoms with Crippen molar-refractivity contribution in [2.75, 3.05) is 11.9 Å². The van der Waals surface area contributed by atoms with Gasteiger partial charge < -0.3 is 4.90 Å². The Hall–Kier alpha value is -0.830. The SMILES string of the molecule is CN(c1csc(C=O)c1)C1CCC(C)(C)CC1. The summed E-state index contributed by atoms with van der Waals surface area (Å²) in [6.07, 6.45) is 6.05. The molecule has 1 fully saturated rings. The van der Waals surface area contributed by atoms with Gasteiger partial charge in [-0.1, -0.05) is 13.8 Å². The van der Waals surface area contributed by atoms with E-state index in [0.717, 1.165) is 11.2 Å². The number of carbonyl (C=O) groups excluding carboxylic acids is 1. The summed E-state index contributed by atoms with van der Waals surface area (Å²) in [5.74, 6) is 0. The summed E-state index contributed by atoms with van der Waals surface area (Å²) in [7, 11) is 2.15. The van der Waals surface area contributed by atoms with Crippen LogP contribution >= 0.6 is 11.3 Å². The maximum absolute atomic E-state index is 10.7. The molecule has 0 radical (unpaired) electrons. The lowest BCUT2D eigenvalue weighted by Crippen LogP contribution is -2.37. The molecule has 1 aliphatic rings. The summed E-state index contributed by atoms with van der Waals surface area (Å²) >= 11 is 1.53. The van der Waals surface area contributed by atoms with Crippen molar-refractivity contribution in [1.82, 2.24) is 0 Å². The first-order valence-electron chi connectivity index (χ1n) is 6.28. The predicted molar refractivity (Wildman–Crippen MR) is 74.1 cm³/mol. The zero-order valence-electron chi connectivity index (χ0n) is 10.9. The Morgan fingerprint density at radius 3 is 2.59 bits per heavy atom. The Labute approximate surface area is 108 Å². The van der Waals surface area contributed by atoms with Gasteiger partial charge in [-0.15, -0.1) is 11.3 Å². The monoisotopic (exact) mass is 251 g/mol. The molecule has 1 aliphatic carbocycles. The van der Waals surface area contributed by atoms with Crippen LogP contribution in [-0.4, -0.2) is 19.4 Å². The van der Waals surface area contributed by atoms with E-state index in [1.807, 2.05) is 6.07 Å². The topological polar surface area (TPSA) is 20.3 Å². The Morgan fingerprint density at radius 1 is 1.41 bits per heavy atom. The summed E-state index contributed by atoms with van der Waals surface area (Å²) in [4.78, 5) is 13.9. The van der Waals surface area contributed by atoms with Crippen molar-refractivity contribution >= 4 is 23.3 Å². The summed E-state index contributed by atoms with van der Waals surface area (Å²) in [6, 6.07) is 2.63. The van der Waals surface area contributed by atoms with Crippen molar-refractivity contribution in [2.45, 2.75) is 45.6 Å². The quantitative estimate of drug-likeness (QED) is 0.758. The molecule has 0 atom stereocenters. The summed E-state index contributed by atoms with van der Waals surface area (Å²) in [6.45, 7) is 4.72. The summed E-state index contributed by atoms with van der Waals surface area (Å²) in [5, 5.41) is 2.09. The van der Waals surface area contributed by atoms with Crippen molar-refractivity contribution in [1.29, 1.82) is 0 Å². The molecule has 2 nitrogen and oxygen atoms in total. The molecule has 1 aromatic heterocycles. The lowest BCUT2D eigenvalue weighted by Gasteiger charge is -2.39. The van der Waals surface area contributed by atoms with Gasteiger partial charge >= 0.3 is 0 Å². The number of anilines is 1. The third-order valence-corrected chi connectivity index (χ3v) is 4.83. The zero-order valence-corrected chi connectivity index (χ0v) is 11.7. The second kappa shape index (κ2) is 4.81. The third-order valence-electron chi connectivity index (χ3n) is 3.99. The molecule has 3 heteroatoms. The minimum Gasteiger partial charge on any atom is -0.371 e. The minimum absolute atomic E-state index is 0.514. The molecule has 0 aromatic carbocycles. The van der Waals surface area contributed by atoms with Gasteiger partial charge in [0.15, 0.2) is 6.29 Å². The van der Waals surface area contributed by atoms with Crippen LogP contribution in [0.3, 0.4) is 0 Å². The summed E-state index contributed by atoms with van der Waals surface area (Å²) in [5.41, 5.74) is 1.71. The third kappa shape index (κ3) is 2.89. The number of nitrogens with zero attached hydrogens (tertiary/aromatic N) is 1. The van der Waals surface area contributed by atoms with E-state index in [0.29, 0.717) is 11.5 Å². The van der Waals surface area contributed by atoms with E-state index < -0.39 is 0 Å². The van der Waals surface area contributed by atoms with E-state index in [9.17, 15) is 4.79 Å². The lowest BCUT2D eigenvalue weighted by atomic mass is 9.75. The van der Waals surface area contributed by atoms with Gasteiger partial charge in [0.25, 0.3) is 0 Å². The van der Waals surface area contributed by atoms with Gasteiger partial charge in [-0.2, -0.15) is 0 Å². The molecule has 94 valence electrons. The number of thiophene rings is 1. The first-order chi connectivity index (χ1) is 8.02. The fourth-order valence-corrected chi connectivity index (χ4v) is 3.31. The second-order valence-electron chi connectivity index (χ2n) is 5.83. The van der Waals surface area contributed by atoms with E-state index in [1.165, 1.54) is 42.7 Å². The van der Waals surface area contributed by atoms with Gasteiger partial charge in [0.1, 0.15) is 0 Å². The van der Waals surface area contributed by atoms with E-state index in [-0.39, 0.29) is 0 Å². The largest absolute Gasteiger partial charge is 0.371 e. The number of aldehydes is 1. The van der Waals surface area contributed by atoms with Gasteiger partial charge in [-0.3, -0.25) is 4.79 Å². The van der Waals surface area contributed by atoms with E-state index in [4.69, 9.17) is 0 Å². The second-order valence-corrected chi connectivity index (χ2v) is 6.77. The molecule has 1 aromatic rings. The van der Waals surface area contributed by atoms with E-state index in [2.05, 4.69) is 31.2 Å². The average molecular weight is 251 g/mol. The van der Waals surface area contributed by atoms with Crippen LogP contribution in [0.25, 0.3) is 0 Å². The summed E-state index contributed by atoms with van der Waals surface area (Å²) < 4.78 is 0. The first kappa shape index (κ1) is 12.6. The minimum atomic E-state index is 0.514. The highest BCUT2D eigenvalue weighted by Gasteiger charge is 2.29. The Bertz CT molecular complexity index is 387. The molecule has 0 bridgehead atoms. The normalized spacial score (nSPS) is 20.2. The molecule has 0 unspecified atom stereocenters. The highest BCUT2D eigenvalue weighted by molar-refractivity contribution is 7.12. The Balaban J connectivity index is 2.01. The molecule has 0 spiro atoms. The molecular weight excluding hydrogens is 230 g/mol. The smallest absolute Gasteiger partial charge is 0.160 e. The molecule has 1 heterocycles. The molecular formula is C14H21NOS. The van der Waals surface area contributed by atoms with Crippen molar-refractivity contribution < 1.29 is 4.79 Å². The van der Waals surface area contributed by atoms with Gasteiger partial charge in [-0.05, 0) is 37.2 Å². The van der Waals surface area contributed by atoms with Crippen molar-refractivity contribution in [3.8, 4) is 0 Å². The molecule has 0 saturated heterocycles. The zero-order chi connectivity index (χ0) is 12.5. The van der Waals surface area contributed by atoms with Crippen LogP contribution in [0.15, 0.2) is 11.4 Å². The van der Waals surface area contributed by atoms with E-state index >= 15 is 0 Å². The number of hydrogen-bond acceptors (Lipinski definition) is 3. The number of rotatable bonds is 3. The van der Waals surface area contributed by atoms with Gasteiger partial charge in [0, 0.05) is 24.2 Å². The average Bonchev–Trinajstić information content (AvgIpc) is 2.76. The first-order valence-corrected chi connectivity index (χ1v) is 7.16. The standard InChI is InChI=1S/C14H21NOS/c1-14(2)6-4-11(5-7-14)15(3)12-8-13(9-16)17-10-12/h8-11H,4-7H2,1-3H3. The highest BCUT2D eigenvalue weighted by atomic mass is 32.1. The van der Waals surface area contributed by atoms with E-state index in [1.54, 1.807) is 0 Å². The van der Waals surface area contributed by atoms with Gasteiger partial charge in [0.2, 0.25) is 0 Å². The maximum atomic E-state index is 10.7. The van der Waals surface area contributed by atoms with Crippen molar-refractivity contribution in [3.63, 3.8) is 0 Å². The van der Waals surface area contributed by atoms with Crippen LogP contribution in [0.4, 0.5) is 5.69 Å². The van der Waals surface area contributed by atoms with Crippen molar-refractivity contribution in [3.05, 3.63) is 16.3 Å². The van der Waals surface area contributed by atoms with Crippen LogP contribution in [0.1, 0.15) is 49.2 Å². The molecule has 2 rings (SSSR count). The molecule has 0 N–H and O–H groups in total. The maximum Gasteiger partial charge on any atom is 0.160 e. The van der Waals surface area contributed by atoms with Crippen LogP contribution in [0.5, 0.6) is 0 Å². The molecule has 1 saturated carbocycles. The number of carbonyl (C=O) groups is 1. The van der Waals surface area contributed by atoms with Crippen LogP contribution in [-0.2, 0) is 0 Å². The van der Waals surface area contributed by atoms with Gasteiger partial charge in [0.05, 0.1) is 4.88 Å².